The fourth-order valence-electron chi connectivity index (χ4n) is 3.75. The van der Waals surface area contributed by atoms with E-state index in [0.717, 1.165) is 6.07 Å². The summed E-state index contributed by atoms with van der Waals surface area (Å²) < 4.78 is 77.2. The van der Waals surface area contributed by atoms with E-state index in [0.29, 0.717) is 6.42 Å². The van der Waals surface area contributed by atoms with Crippen LogP contribution in [0.4, 0.5) is 19.1 Å². The van der Waals surface area contributed by atoms with Crippen LogP contribution in [0.3, 0.4) is 0 Å². The number of amides is 1. The molecule has 13 heteroatoms. The van der Waals surface area contributed by atoms with E-state index in [1.165, 1.54) is 48.5 Å². The van der Waals surface area contributed by atoms with Gasteiger partial charge in [-0.3, -0.25) is 4.79 Å². The number of aromatic nitrogens is 2. The van der Waals surface area contributed by atoms with Crippen molar-refractivity contribution in [3.05, 3.63) is 60.2 Å². The van der Waals surface area contributed by atoms with Crippen molar-refractivity contribution >= 4 is 21.9 Å². The molecule has 2 heterocycles. The van der Waals surface area contributed by atoms with Gasteiger partial charge in [0.1, 0.15) is 12.4 Å². The number of halogens is 3. The standard InChI is InChI=1S/C24H23F3N4O5S/c1-14(2)10-16-13-35-21-12-19(18-8-3-4-9-20(18)36-24(25,26)27)29-23(30-21)31-37(33,34)17-7-5-6-15(11-17)22(32)28-16/h3-9,11-12,14,16H,10,13H2,1-2H3,(H,28,32)(H,29,30,31)/t16-/m1/s1. The highest BCUT2D eigenvalue weighted by Gasteiger charge is 2.32. The summed E-state index contributed by atoms with van der Waals surface area (Å²) in [6.45, 7) is 3.89. The van der Waals surface area contributed by atoms with Crippen molar-refractivity contribution < 1.29 is 35.9 Å². The minimum absolute atomic E-state index is 0.0348. The molecule has 1 amide bonds. The Bertz CT molecular complexity index is 1410. The van der Waals surface area contributed by atoms with Gasteiger partial charge >= 0.3 is 6.36 Å². The first kappa shape index (κ1) is 26.2. The number of anilines is 1. The summed E-state index contributed by atoms with van der Waals surface area (Å²) in [4.78, 5) is 20.8. The lowest BCUT2D eigenvalue weighted by atomic mass is 10.0. The number of benzene rings is 2. The van der Waals surface area contributed by atoms with Gasteiger partial charge in [0.15, 0.2) is 0 Å². The van der Waals surface area contributed by atoms with Crippen molar-refractivity contribution in [1.82, 2.24) is 15.3 Å². The van der Waals surface area contributed by atoms with Gasteiger partial charge in [-0.25, -0.2) is 18.1 Å². The highest BCUT2D eigenvalue weighted by atomic mass is 32.2. The zero-order valence-electron chi connectivity index (χ0n) is 19.7. The van der Waals surface area contributed by atoms with E-state index in [9.17, 15) is 26.4 Å². The SMILES string of the molecule is CC(C)C[C@@H]1COc2cc(-c3ccccc3OC(F)(F)F)nc(n2)NS(=O)(=O)c2cccc(c2)C(=O)N1. The van der Waals surface area contributed by atoms with Crippen molar-refractivity contribution in [3.63, 3.8) is 0 Å². The number of carbonyl (C=O) groups excluding carboxylic acids is 1. The summed E-state index contributed by atoms with van der Waals surface area (Å²) in [5.74, 6) is -1.38. The highest BCUT2D eigenvalue weighted by Crippen LogP contribution is 2.34. The fraction of sp³-hybridized carbons (Fsp3) is 0.292. The molecule has 1 aromatic heterocycles. The first-order valence-corrected chi connectivity index (χ1v) is 12.7. The van der Waals surface area contributed by atoms with Gasteiger partial charge in [-0.15, -0.1) is 13.2 Å². The topological polar surface area (TPSA) is 120 Å². The monoisotopic (exact) mass is 536 g/mol. The molecular formula is C24H23F3N4O5S. The zero-order valence-corrected chi connectivity index (χ0v) is 20.6. The van der Waals surface area contributed by atoms with Gasteiger partial charge in [0.2, 0.25) is 11.8 Å². The lowest BCUT2D eigenvalue weighted by Crippen LogP contribution is -2.40. The Hall–Kier alpha value is -3.87. The molecule has 4 rings (SSSR count). The number of rotatable bonds is 4. The van der Waals surface area contributed by atoms with Gasteiger partial charge in [-0.1, -0.05) is 32.0 Å². The predicted molar refractivity (Wildman–Crippen MR) is 128 cm³/mol. The number of hydrogen-bond donors (Lipinski definition) is 2. The van der Waals surface area contributed by atoms with E-state index in [1.807, 2.05) is 13.8 Å². The van der Waals surface area contributed by atoms with Crippen molar-refractivity contribution in [2.24, 2.45) is 5.92 Å². The van der Waals surface area contributed by atoms with Crippen LogP contribution in [0.5, 0.6) is 11.6 Å². The van der Waals surface area contributed by atoms with Gasteiger partial charge in [0.05, 0.1) is 16.6 Å². The number of alkyl halides is 3. The normalized spacial score (nSPS) is 17.4. The summed E-state index contributed by atoms with van der Waals surface area (Å²) in [6, 6.07) is 11.5. The predicted octanol–water partition coefficient (Wildman–Crippen LogP) is 4.38. The van der Waals surface area contributed by atoms with E-state index < -0.39 is 40.0 Å². The summed E-state index contributed by atoms with van der Waals surface area (Å²) in [5, 5.41) is 2.84. The number of fused-ring (bicyclic) bond motifs is 4. The van der Waals surface area contributed by atoms with E-state index in [1.54, 1.807) is 0 Å². The molecule has 0 fully saturated rings. The van der Waals surface area contributed by atoms with Gasteiger partial charge in [0, 0.05) is 17.2 Å². The Morgan fingerprint density at radius 3 is 2.59 bits per heavy atom. The average Bonchev–Trinajstić information content (AvgIpc) is 2.81. The summed E-state index contributed by atoms with van der Waals surface area (Å²) in [7, 11) is -4.27. The molecule has 0 unspecified atom stereocenters. The lowest BCUT2D eigenvalue weighted by molar-refractivity contribution is -0.274. The Labute approximate surface area is 211 Å². The first-order chi connectivity index (χ1) is 17.4. The second-order valence-electron chi connectivity index (χ2n) is 8.70. The molecule has 0 saturated heterocycles. The van der Waals surface area contributed by atoms with Crippen LogP contribution in [-0.4, -0.2) is 43.3 Å². The van der Waals surface area contributed by atoms with Crippen LogP contribution in [-0.2, 0) is 10.0 Å². The number of para-hydroxylation sites is 1. The van der Waals surface area contributed by atoms with Gasteiger partial charge < -0.3 is 14.8 Å². The Balaban J connectivity index is 1.83. The molecule has 0 aliphatic carbocycles. The maximum absolute atomic E-state index is 13.1. The van der Waals surface area contributed by atoms with Crippen LogP contribution in [0.1, 0.15) is 30.6 Å². The van der Waals surface area contributed by atoms with Gasteiger partial charge in [0.25, 0.3) is 15.9 Å². The molecule has 0 spiro atoms. The third kappa shape index (κ3) is 6.67. The third-order valence-corrected chi connectivity index (χ3v) is 6.57. The first-order valence-electron chi connectivity index (χ1n) is 11.2. The van der Waals surface area contributed by atoms with Gasteiger partial charge in [-0.2, -0.15) is 4.98 Å². The number of carbonyl (C=O) groups is 1. The number of hydrogen-bond acceptors (Lipinski definition) is 7. The fourth-order valence-corrected chi connectivity index (χ4v) is 4.74. The molecule has 2 aromatic carbocycles. The molecule has 1 atom stereocenters. The largest absolute Gasteiger partial charge is 0.573 e. The van der Waals surface area contributed by atoms with E-state index >= 15 is 0 Å². The second kappa shape index (κ2) is 10.2. The van der Waals surface area contributed by atoms with E-state index in [4.69, 9.17) is 4.74 Å². The molecule has 0 saturated carbocycles. The molecule has 0 radical (unpaired) electrons. The van der Waals surface area contributed by atoms with Crippen LogP contribution in [0.2, 0.25) is 0 Å². The lowest BCUT2D eigenvalue weighted by Gasteiger charge is -2.21. The molecule has 9 nitrogen and oxygen atoms in total. The molecule has 1 aliphatic heterocycles. The minimum Gasteiger partial charge on any atom is -0.475 e. The van der Waals surface area contributed by atoms with Crippen LogP contribution in [0, 0.1) is 5.92 Å². The van der Waals surface area contributed by atoms with E-state index in [2.05, 4.69) is 24.7 Å². The highest BCUT2D eigenvalue weighted by molar-refractivity contribution is 7.92. The van der Waals surface area contributed by atoms with Crippen LogP contribution < -0.4 is 19.5 Å². The van der Waals surface area contributed by atoms with Crippen molar-refractivity contribution in [1.29, 1.82) is 0 Å². The molecule has 196 valence electrons. The maximum atomic E-state index is 13.1. The van der Waals surface area contributed by atoms with Crippen LogP contribution >= 0.6 is 0 Å². The van der Waals surface area contributed by atoms with Crippen molar-refractivity contribution in [2.45, 2.75) is 37.6 Å². The quantitative estimate of drug-likeness (QED) is 0.508. The smallest absolute Gasteiger partial charge is 0.475 e. The average molecular weight is 537 g/mol. The maximum Gasteiger partial charge on any atom is 0.573 e. The molecule has 1 aliphatic rings. The summed E-state index contributed by atoms with van der Waals surface area (Å²) in [5.41, 5.74) is -0.0103. The molecular weight excluding hydrogens is 513 g/mol. The van der Waals surface area contributed by atoms with Crippen molar-refractivity contribution in [3.8, 4) is 22.9 Å². The molecule has 4 bridgehead atoms. The second-order valence-corrected chi connectivity index (χ2v) is 10.4. The number of sulfonamides is 1. The van der Waals surface area contributed by atoms with E-state index in [-0.39, 0.29) is 40.1 Å². The molecule has 2 N–H and O–H groups in total. The van der Waals surface area contributed by atoms with Crippen LogP contribution in [0.25, 0.3) is 11.3 Å². The molecule has 37 heavy (non-hydrogen) atoms. The van der Waals surface area contributed by atoms with Gasteiger partial charge in [-0.05, 0) is 42.7 Å². The zero-order chi connectivity index (χ0) is 26.8. The summed E-state index contributed by atoms with van der Waals surface area (Å²) >= 11 is 0. The molecule has 3 aromatic rings. The minimum atomic E-state index is -4.96. The van der Waals surface area contributed by atoms with Crippen molar-refractivity contribution in [2.75, 3.05) is 11.3 Å². The number of ether oxygens (including phenoxy) is 2. The van der Waals surface area contributed by atoms with Crippen LogP contribution in [0.15, 0.2) is 59.5 Å². The Kier molecular flexibility index (Phi) is 7.25. The number of nitrogens with zero attached hydrogens (tertiary/aromatic N) is 2. The third-order valence-electron chi connectivity index (χ3n) is 5.25. The Morgan fingerprint density at radius 1 is 1.11 bits per heavy atom. The summed E-state index contributed by atoms with van der Waals surface area (Å²) in [6.07, 6.45) is -4.43. The number of nitrogens with one attached hydrogen (secondary N) is 2. The Morgan fingerprint density at radius 2 is 1.86 bits per heavy atom.